The Labute approximate surface area is 155 Å². The molecule has 1 aliphatic heterocycles. The van der Waals surface area contributed by atoms with E-state index in [1.807, 2.05) is 24.3 Å². The van der Waals surface area contributed by atoms with E-state index in [1.165, 1.54) is 10.5 Å². The Morgan fingerprint density at radius 1 is 1.19 bits per heavy atom. The molecule has 0 atom stereocenters. The van der Waals surface area contributed by atoms with Gasteiger partial charge in [0.2, 0.25) is 0 Å². The number of carbonyl (C=O) groups excluding carboxylic acids is 1. The maximum atomic E-state index is 12.5. The number of thioether (sulfide) groups is 1. The number of fused-ring (bicyclic) bond motifs is 3. The van der Waals surface area contributed by atoms with E-state index in [4.69, 9.17) is 9.26 Å². The van der Waals surface area contributed by atoms with Gasteiger partial charge in [-0.05, 0) is 42.5 Å². The molecule has 0 saturated heterocycles. The van der Waals surface area contributed by atoms with Gasteiger partial charge in [-0.15, -0.1) is 11.8 Å². The lowest BCUT2D eigenvalue weighted by molar-refractivity contribution is 0.0943. The van der Waals surface area contributed by atoms with E-state index in [0.29, 0.717) is 23.6 Å². The number of hydrogen-bond donors (Lipinski definition) is 1. The molecule has 4 rings (SSSR count). The molecule has 1 aliphatic rings. The van der Waals surface area contributed by atoms with Gasteiger partial charge in [0.1, 0.15) is 12.4 Å². The highest BCUT2D eigenvalue weighted by Gasteiger charge is 2.28. The van der Waals surface area contributed by atoms with Crippen molar-refractivity contribution in [1.82, 2.24) is 10.5 Å². The number of benzene rings is 2. The molecule has 0 spiro atoms. The van der Waals surface area contributed by atoms with Gasteiger partial charge in [0.15, 0.2) is 11.5 Å². The van der Waals surface area contributed by atoms with Crippen LogP contribution in [0, 0.1) is 0 Å². The summed E-state index contributed by atoms with van der Waals surface area (Å²) in [5, 5.41) is 6.89. The fourth-order valence-corrected chi connectivity index (χ4v) is 3.37. The van der Waals surface area contributed by atoms with Gasteiger partial charge in [-0.3, -0.25) is 4.79 Å². The molecular formula is C20H18N2O3S. The summed E-state index contributed by atoms with van der Waals surface area (Å²) in [4.78, 5) is 13.7. The smallest absolute Gasteiger partial charge is 0.273 e. The largest absolute Gasteiger partial charge is 0.488 e. The minimum Gasteiger partial charge on any atom is -0.488 e. The third-order valence-corrected chi connectivity index (χ3v) is 5.11. The SMILES string of the molecule is CSc1ccc(CCNC(=O)c2noc3c2COc2ccccc2-3)cc1. The molecule has 0 bridgehead atoms. The van der Waals surface area contributed by atoms with Crippen LogP contribution in [0.2, 0.25) is 0 Å². The summed E-state index contributed by atoms with van der Waals surface area (Å²) < 4.78 is 11.1. The van der Waals surface area contributed by atoms with Crippen LogP contribution in [0.5, 0.6) is 5.75 Å². The van der Waals surface area contributed by atoms with Crippen molar-refractivity contribution in [3.63, 3.8) is 0 Å². The van der Waals surface area contributed by atoms with Crippen LogP contribution in [0.3, 0.4) is 0 Å². The van der Waals surface area contributed by atoms with E-state index in [9.17, 15) is 4.79 Å². The number of aromatic nitrogens is 1. The number of nitrogens with zero attached hydrogens (tertiary/aromatic N) is 1. The van der Waals surface area contributed by atoms with Crippen molar-refractivity contribution < 1.29 is 14.1 Å². The topological polar surface area (TPSA) is 64.4 Å². The molecule has 2 aromatic carbocycles. The van der Waals surface area contributed by atoms with Gasteiger partial charge in [-0.1, -0.05) is 29.4 Å². The summed E-state index contributed by atoms with van der Waals surface area (Å²) in [5.74, 6) is 1.13. The number of amides is 1. The summed E-state index contributed by atoms with van der Waals surface area (Å²) >= 11 is 1.71. The van der Waals surface area contributed by atoms with Crippen molar-refractivity contribution in [1.29, 1.82) is 0 Å². The van der Waals surface area contributed by atoms with E-state index in [2.05, 4.69) is 41.0 Å². The Bertz CT molecular complexity index is 934. The molecule has 0 aliphatic carbocycles. The molecule has 3 aromatic rings. The molecule has 26 heavy (non-hydrogen) atoms. The second kappa shape index (κ2) is 7.25. The zero-order valence-electron chi connectivity index (χ0n) is 14.3. The zero-order valence-corrected chi connectivity index (χ0v) is 15.1. The molecule has 0 fully saturated rings. The quantitative estimate of drug-likeness (QED) is 0.693. The lowest BCUT2D eigenvalue weighted by Gasteiger charge is -2.15. The molecule has 5 nitrogen and oxygen atoms in total. The van der Waals surface area contributed by atoms with Gasteiger partial charge < -0.3 is 14.6 Å². The molecule has 0 saturated carbocycles. The fourth-order valence-electron chi connectivity index (χ4n) is 2.96. The Morgan fingerprint density at radius 3 is 2.81 bits per heavy atom. The van der Waals surface area contributed by atoms with Crippen molar-refractivity contribution in [2.24, 2.45) is 0 Å². The van der Waals surface area contributed by atoms with Gasteiger partial charge in [0, 0.05) is 11.4 Å². The first-order chi connectivity index (χ1) is 12.8. The first-order valence-electron chi connectivity index (χ1n) is 8.38. The van der Waals surface area contributed by atoms with Crippen molar-refractivity contribution in [2.75, 3.05) is 12.8 Å². The molecular weight excluding hydrogens is 348 g/mol. The first-order valence-corrected chi connectivity index (χ1v) is 9.60. The lowest BCUT2D eigenvalue weighted by Crippen LogP contribution is -2.27. The van der Waals surface area contributed by atoms with Crippen LogP contribution >= 0.6 is 11.8 Å². The predicted octanol–water partition coefficient (Wildman–Crippen LogP) is 3.93. The van der Waals surface area contributed by atoms with E-state index >= 15 is 0 Å². The average Bonchev–Trinajstić information content (AvgIpc) is 3.13. The highest BCUT2D eigenvalue weighted by molar-refractivity contribution is 7.98. The Morgan fingerprint density at radius 2 is 2.00 bits per heavy atom. The molecule has 2 heterocycles. The summed E-state index contributed by atoms with van der Waals surface area (Å²) in [5.41, 5.74) is 3.01. The summed E-state index contributed by atoms with van der Waals surface area (Å²) in [6.07, 6.45) is 2.82. The van der Waals surface area contributed by atoms with Crippen LogP contribution in [0.4, 0.5) is 0 Å². The number of hydrogen-bond acceptors (Lipinski definition) is 5. The number of nitrogens with one attached hydrogen (secondary N) is 1. The second-order valence-electron chi connectivity index (χ2n) is 5.98. The predicted molar refractivity (Wildman–Crippen MR) is 101 cm³/mol. The van der Waals surface area contributed by atoms with Gasteiger partial charge in [0.05, 0.1) is 11.1 Å². The Balaban J connectivity index is 1.42. The molecule has 0 unspecified atom stereocenters. The van der Waals surface area contributed by atoms with E-state index in [0.717, 1.165) is 17.7 Å². The normalized spacial score (nSPS) is 12.0. The molecule has 1 N–H and O–H groups in total. The van der Waals surface area contributed by atoms with Crippen LogP contribution in [0.25, 0.3) is 11.3 Å². The number of ether oxygens (including phenoxy) is 1. The fraction of sp³-hybridized carbons (Fsp3) is 0.200. The monoisotopic (exact) mass is 366 g/mol. The molecule has 132 valence electrons. The van der Waals surface area contributed by atoms with Gasteiger partial charge in [-0.2, -0.15) is 0 Å². The van der Waals surface area contributed by atoms with Crippen molar-refractivity contribution >= 4 is 17.7 Å². The van der Waals surface area contributed by atoms with E-state index < -0.39 is 0 Å². The third kappa shape index (κ3) is 3.20. The maximum Gasteiger partial charge on any atom is 0.273 e. The van der Waals surface area contributed by atoms with Crippen LogP contribution in [-0.4, -0.2) is 23.9 Å². The van der Waals surface area contributed by atoms with E-state index in [-0.39, 0.29) is 12.5 Å². The molecule has 0 radical (unpaired) electrons. The highest BCUT2D eigenvalue weighted by atomic mass is 32.2. The standard InChI is InChI=1S/C20H18N2O3S/c1-26-14-8-6-13(7-9-14)10-11-21-20(23)18-16-12-24-17-5-3-2-4-15(17)19(16)25-22-18/h2-9H,10-12H2,1H3,(H,21,23). The molecule has 1 aromatic heterocycles. The highest BCUT2D eigenvalue weighted by Crippen LogP contribution is 2.38. The van der Waals surface area contributed by atoms with Crippen molar-refractivity contribution in [3.8, 4) is 17.1 Å². The van der Waals surface area contributed by atoms with Crippen LogP contribution in [0.15, 0.2) is 57.9 Å². The van der Waals surface area contributed by atoms with Gasteiger partial charge >= 0.3 is 0 Å². The second-order valence-corrected chi connectivity index (χ2v) is 6.86. The first kappa shape index (κ1) is 16.7. The molecule has 1 amide bonds. The maximum absolute atomic E-state index is 12.5. The summed E-state index contributed by atoms with van der Waals surface area (Å²) in [6.45, 7) is 0.825. The van der Waals surface area contributed by atoms with Crippen LogP contribution in [-0.2, 0) is 13.0 Å². The van der Waals surface area contributed by atoms with E-state index in [1.54, 1.807) is 11.8 Å². The third-order valence-electron chi connectivity index (χ3n) is 4.37. The van der Waals surface area contributed by atoms with Gasteiger partial charge in [0.25, 0.3) is 5.91 Å². The van der Waals surface area contributed by atoms with Crippen LogP contribution < -0.4 is 10.1 Å². The van der Waals surface area contributed by atoms with Crippen molar-refractivity contribution in [2.45, 2.75) is 17.9 Å². The zero-order chi connectivity index (χ0) is 17.9. The average molecular weight is 366 g/mol. The number of para-hydroxylation sites is 1. The Kier molecular flexibility index (Phi) is 4.67. The number of rotatable bonds is 5. The Hall–Kier alpha value is -2.73. The van der Waals surface area contributed by atoms with Crippen LogP contribution in [0.1, 0.15) is 21.6 Å². The molecule has 6 heteroatoms. The summed E-state index contributed by atoms with van der Waals surface area (Å²) in [6, 6.07) is 15.9. The minimum absolute atomic E-state index is 0.237. The minimum atomic E-state index is -0.237. The number of carbonyl (C=O) groups is 1. The lowest BCUT2D eigenvalue weighted by atomic mass is 10.0. The van der Waals surface area contributed by atoms with Crippen molar-refractivity contribution in [3.05, 3.63) is 65.4 Å². The summed E-state index contributed by atoms with van der Waals surface area (Å²) in [7, 11) is 0. The van der Waals surface area contributed by atoms with Gasteiger partial charge in [-0.25, -0.2) is 0 Å².